The van der Waals surface area contributed by atoms with Crippen molar-refractivity contribution in [2.75, 3.05) is 19.7 Å². The number of carbonyl (C=O) groups is 1. The SMILES string of the molecule is Cc1cnc(C(=O)N2CC[C@H]3OCC[C@@]3(c3nnc(C)o3)C2)cn1. The fourth-order valence-electron chi connectivity index (χ4n) is 3.59. The van der Waals surface area contributed by atoms with Gasteiger partial charge >= 0.3 is 0 Å². The quantitative estimate of drug-likeness (QED) is 0.812. The van der Waals surface area contributed by atoms with Gasteiger partial charge in [-0.15, -0.1) is 10.2 Å². The largest absolute Gasteiger partial charge is 0.425 e. The van der Waals surface area contributed by atoms with Gasteiger partial charge < -0.3 is 14.1 Å². The molecule has 2 saturated heterocycles. The first-order valence-electron chi connectivity index (χ1n) is 8.09. The second-order valence-corrected chi connectivity index (χ2v) is 6.45. The van der Waals surface area contributed by atoms with Gasteiger partial charge in [-0.3, -0.25) is 9.78 Å². The van der Waals surface area contributed by atoms with E-state index in [9.17, 15) is 4.79 Å². The lowest BCUT2D eigenvalue weighted by Crippen LogP contribution is -2.54. The molecule has 0 unspecified atom stereocenters. The summed E-state index contributed by atoms with van der Waals surface area (Å²) in [5.41, 5.74) is 0.717. The zero-order valence-electron chi connectivity index (χ0n) is 13.7. The van der Waals surface area contributed by atoms with Gasteiger partial charge in [-0.05, 0) is 19.8 Å². The molecule has 0 aliphatic carbocycles. The van der Waals surface area contributed by atoms with Crippen LogP contribution in [0.2, 0.25) is 0 Å². The van der Waals surface area contributed by atoms with Crippen LogP contribution < -0.4 is 0 Å². The smallest absolute Gasteiger partial charge is 0.274 e. The number of ether oxygens (including phenoxy) is 1. The van der Waals surface area contributed by atoms with Crippen LogP contribution in [-0.2, 0) is 10.2 Å². The summed E-state index contributed by atoms with van der Waals surface area (Å²) in [6.07, 6.45) is 4.65. The highest BCUT2D eigenvalue weighted by molar-refractivity contribution is 5.92. The van der Waals surface area contributed by atoms with E-state index in [2.05, 4.69) is 20.2 Å². The van der Waals surface area contributed by atoms with Crippen molar-refractivity contribution in [3.63, 3.8) is 0 Å². The van der Waals surface area contributed by atoms with E-state index < -0.39 is 5.41 Å². The molecule has 2 aliphatic rings. The van der Waals surface area contributed by atoms with E-state index in [1.807, 2.05) is 6.92 Å². The topological polar surface area (TPSA) is 94.2 Å². The van der Waals surface area contributed by atoms with Crippen molar-refractivity contribution >= 4 is 5.91 Å². The van der Waals surface area contributed by atoms with Gasteiger partial charge in [0.2, 0.25) is 11.8 Å². The van der Waals surface area contributed by atoms with E-state index in [0.29, 0.717) is 37.2 Å². The minimum atomic E-state index is -0.423. The predicted molar refractivity (Wildman–Crippen MR) is 82.4 cm³/mol. The van der Waals surface area contributed by atoms with Crippen LogP contribution in [0, 0.1) is 13.8 Å². The highest BCUT2D eigenvalue weighted by Crippen LogP contribution is 2.43. The van der Waals surface area contributed by atoms with Crippen LogP contribution in [-0.4, -0.2) is 56.8 Å². The molecule has 0 radical (unpaired) electrons. The van der Waals surface area contributed by atoms with Crippen molar-refractivity contribution in [2.45, 2.75) is 38.2 Å². The fourth-order valence-corrected chi connectivity index (χ4v) is 3.59. The molecule has 2 aromatic rings. The Balaban J connectivity index is 1.63. The summed E-state index contributed by atoms with van der Waals surface area (Å²) in [7, 11) is 0. The third-order valence-electron chi connectivity index (χ3n) is 4.86. The number of nitrogens with zero attached hydrogens (tertiary/aromatic N) is 5. The van der Waals surface area contributed by atoms with Crippen LogP contribution in [0.3, 0.4) is 0 Å². The zero-order valence-corrected chi connectivity index (χ0v) is 13.7. The van der Waals surface area contributed by atoms with Crippen LogP contribution in [0.4, 0.5) is 0 Å². The van der Waals surface area contributed by atoms with Crippen LogP contribution in [0.15, 0.2) is 16.8 Å². The first-order chi connectivity index (χ1) is 11.6. The number of carbonyl (C=O) groups excluding carboxylic acids is 1. The maximum atomic E-state index is 12.8. The average Bonchev–Trinajstić information content (AvgIpc) is 3.21. The normalized spacial score (nSPS) is 26.4. The number of amides is 1. The van der Waals surface area contributed by atoms with Gasteiger partial charge in [-0.25, -0.2) is 4.98 Å². The van der Waals surface area contributed by atoms with Crippen molar-refractivity contribution < 1.29 is 13.9 Å². The molecule has 8 heteroatoms. The lowest BCUT2D eigenvalue weighted by atomic mass is 9.76. The van der Waals surface area contributed by atoms with Crippen molar-refractivity contribution in [2.24, 2.45) is 0 Å². The molecule has 2 aromatic heterocycles. The summed E-state index contributed by atoms with van der Waals surface area (Å²) in [6.45, 7) is 5.36. The van der Waals surface area contributed by atoms with Crippen molar-refractivity contribution in [1.82, 2.24) is 25.1 Å². The number of likely N-dealkylation sites (tertiary alicyclic amines) is 1. The lowest BCUT2D eigenvalue weighted by molar-refractivity contribution is 0.00944. The third-order valence-corrected chi connectivity index (χ3v) is 4.86. The minimum Gasteiger partial charge on any atom is -0.425 e. The predicted octanol–water partition coefficient (Wildman–Crippen LogP) is 1.05. The second kappa shape index (κ2) is 5.62. The van der Waals surface area contributed by atoms with E-state index >= 15 is 0 Å². The molecule has 126 valence electrons. The maximum Gasteiger partial charge on any atom is 0.274 e. The van der Waals surface area contributed by atoms with E-state index in [1.165, 1.54) is 6.20 Å². The first kappa shape index (κ1) is 15.2. The van der Waals surface area contributed by atoms with Crippen LogP contribution in [0.1, 0.15) is 40.8 Å². The van der Waals surface area contributed by atoms with Gasteiger partial charge in [0.25, 0.3) is 5.91 Å². The van der Waals surface area contributed by atoms with Crippen LogP contribution >= 0.6 is 0 Å². The van der Waals surface area contributed by atoms with Gasteiger partial charge in [0, 0.05) is 32.8 Å². The molecular weight excluding hydrogens is 310 g/mol. The number of aromatic nitrogens is 4. The minimum absolute atomic E-state index is 0.00509. The molecule has 4 heterocycles. The molecule has 4 rings (SSSR count). The Kier molecular flexibility index (Phi) is 3.56. The molecule has 24 heavy (non-hydrogen) atoms. The number of rotatable bonds is 2. The van der Waals surface area contributed by atoms with Crippen molar-refractivity contribution in [1.29, 1.82) is 0 Å². The monoisotopic (exact) mass is 329 g/mol. The summed E-state index contributed by atoms with van der Waals surface area (Å²) in [4.78, 5) is 23.0. The van der Waals surface area contributed by atoms with Crippen LogP contribution in [0.5, 0.6) is 0 Å². The summed E-state index contributed by atoms with van der Waals surface area (Å²) in [5.74, 6) is 0.969. The van der Waals surface area contributed by atoms with E-state index in [0.717, 1.165) is 18.5 Å². The Bertz CT molecular complexity index is 759. The highest BCUT2D eigenvalue weighted by Gasteiger charge is 2.53. The van der Waals surface area contributed by atoms with Crippen molar-refractivity contribution in [3.05, 3.63) is 35.6 Å². The number of hydrogen-bond acceptors (Lipinski definition) is 7. The Labute approximate surface area is 139 Å². The average molecular weight is 329 g/mol. The van der Waals surface area contributed by atoms with E-state index in [-0.39, 0.29) is 12.0 Å². The first-order valence-corrected chi connectivity index (χ1v) is 8.09. The molecule has 0 saturated carbocycles. The van der Waals surface area contributed by atoms with Gasteiger partial charge in [0.05, 0.1) is 23.4 Å². The lowest BCUT2D eigenvalue weighted by Gasteiger charge is -2.41. The van der Waals surface area contributed by atoms with E-state index in [4.69, 9.17) is 9.15 Å². The van der Waals surface area contributed by atoms with Crippen molar-refractivity contribution in [3.8, 4) is 0 Å². The molecule has 0 N–H and O–H groups in total. The number of aryl methyl sites for hydroxylation is 2. The van der Waals surface area contributed by atoms with Gasteiger partial charge in [0.15, 0.2) is 0 Å². The second-order valence-electron chi connectivity index (χ2n) is 6.45. The molecule has 2 atom stereocenters. The molecule has 2 aliphatic heterocycles. The number of fused-ring (bicyclic) bond motifs is 1. The highest BCUT2D eigenvalue weighted by atomic mass is 16.5. The molecule has 0 bridgehead atoms. The van der Waals surface area contributed by atoms with Crippen LogP contribution in [0.25, 0.3) is 0 Å². The van der Waals surface area contributed by atoms with Gasteiger partial charge in [-0.1, -0.05) is 0 Å². The van der Waals surface area contributed by atoms with Gasteiger partial charge in [0.1, 0.15) is 5.69 Å². The molecule has 8 nitrogen and oxygen atoms in total. The third kappa shape index (κ3) is 2.37. The molecular formula is C16H19N5O3. The number of hydrogen-bond donors (Lipinski definition) is 0. The number of piperidine rings is 1. The Morgan fingerprint density at radius 1 is 1.29 bits per heavy atom. The van der Waals surface area contributed by atoms with E-state index in [1.54, 1.807) is 18.0 Å². The Morgan fingerprint density at radius 2 is 2.17 bits per heavy atom. The summed E-state index contributed by atoms with van der Waals surface area (Å²) in [5, 5.41) is 8.18. The fraction of sp³-hybridized carbons (Fsp3) is 0.562. The summed E-state index contributed by atoms with van der Waals surface area (Å²) in [6, 6.07) is 0. The standard InChI is InChI=1S/C16H19N5O3/c1-10-7-18-12(8-17-10)14(22)21-5-3-13-16(9-21,4-6-23-13)15-20-19-11(2)24-15/h7-8,13H,3-6,9H2,1-2H3/t13-,16-/m1/s1. The molecule has 2 fully saturated rings. The summed E-state index contributed by atoms with van der Waals surface area (Å²) < 4.78 is 11.6. The Hall–Kier alpha value is -2.35. The Morgan fingerprint density at radius 3 is 2.88 bits per heavy atom. The molecule has 1 amide bonds. The molecule has 0 spiro atoms. The zero-order chi connectivity index (χ0) is 16.7. The van der Waals surface area contributed by atoms with Gasteiger partial charge in [-0.2, -0.15) is 0 Å². The molecule has 0 aromatic carbocycles. The maximum absolute atomic E-state index is 12.8. The summed E-state index contributed by atoms with van der Waals surface area (Å²) >= 11 is 0.